The van der Waals surface area contributed by atoms with Crippen molar-refractivity contribution in [3.8, 4) is 0 Å². The molecule has 0 aromatic carbocycles. The molecule has 0 heterocycles. The van der Waals surface area contributed by atoms with Crippen LogP contribution in [0.5, 0.6) is 0 Å². The fraction of sp³-hybridized carbons (Fsp3) is 0.929. The van der Waals surface area contributed by atoms with Crippen LogP contribution in [0.15, 0.2) is 0 Å². The van der Waals surface area contributed by atoms with Crippen LogP contribution >= 0.6 is 0 Å². The maximum absolute atomic E-state index is 11.9. The second kappa shape index (κ2) is 7.10. The van der Waals surface area contributed by atoms with Gasteiger partial charge in [0.1, 0.15) is 0 Å². The molecule has 0 radical (unpaired) electrons. The molecule has 0 aliphatic heterocycles. The lowest BCUT2D eigenvalue weighted by molar-refractivity contribution is -0.123. The van der Waals surface area contributed by atoms with Crippen LogP contribution in [0.3, 0.4) is 0 Å². The van der Waals surface area contributed by atoms with Crippen molar-refractivity contribution in [2.45, 2.75) is 57.5 Å². The number of nitrogens with one attached hydrogen (secondary N) is 2. The van der Waals surface area contributed by atoms with Crippen molar-refractivity contribution in [2.75, 3.05) is 19.8 Å². The van der Waals surface area contributed by atoms with Crippen LogP contribution in [0, 0.1) is 5.92 Å². The molecule has 2 N–H and O–H groups in total. The van der Waals surface area contributed by atoms with Crippen molar-refractivity contribution in [3.05, 3.63) is 0 Å². The summed E-state index contributed by atoms with van der Waals surface area (Å²) in [4.78, 5) is 11.9. The van der Waals surface area contributed by atoms with Crippen LogP contribution in [0.1, 0.15) is 45.4 Å². The van der Waals surface area contributed by atoms with E-state index in [0.29, 0.717) is 12.6 Å². The van der Waals surface area contributed by atoms with Gasteiger partial charge in [-0.2, -0.15) is 0 Å². The first kappa shape index (κ1) is 13.8. The van der Waals surface area contributed by atoms with Gasteiger partial charge in [0, 0.05) is 19.2 Å². The SMILES string of the molecule is CC(NCCOCC1CC1)C(=O)NC1CCCC1. The highest BCUT2D eigenvalue weighted by Crippen LogP contribution is 2.28. The molecule has 1 atom stereocenters. The minimum absolute atomic E-state index is 0.116. The van der Waals surface area contributed by atoms with Crippen LogP contribution in [-0.4, -0.2) is 37.7 Å². The normalized spacial score (nSPS) is 22.1. The van der Waals surface area contributed by atoms with Gasteiger partial charge in [-0.15, -0.1) is 0 Å². The standard InChI is InChI=1S/C14H26N2O2/c1-11(14(17)16-13-4-2-3-5-13)15-8-9-18-10-12-6-7-12/h11-13,15H,2-10H2,1H3,(H,16,17). The van der Waals surface area contributed by atoms with E-state index < -0.39 is 0 Å². The van der Waals surface area contributed by atoms with E-state index >= 15 is 0 Å². The summed E-state index contributed by atoms with van der Waals surface area (Å²) in [6.45, 7) is 4.28. The zero-order valence-corrected chi connectivity index (χ0v) is 11.4. The Balaban J connectivity index is 1.49. The molecule has 4 nitrogen and oxygen atoms in total. The van der Waals surface area contributed by atoms with E-state index in [1.807, 2.05) is 6.92 Å². The first-order valence-corrected chi connectivity index (χ1v) is 7.37. The zero-order chi connectivity index (χ0) is 12.8. The molecule has 2 aliphatic rings. The van der Waals surface area contributed by atoms with E-state index in [4.69, 9.17) is 4.74 Å². The zero-order valence-electron chi connectivity index (χ0n) is 11.4. The predicted octanol–water partition coefficient (Wildman–Crippen LogP) is 1.45. The van der Waals surface area contributed by atoms with Gasteiger partial charge < -0.3 is 15.4 Å². The number of rotatable bonds is 8. The molecular formula is C14H26N2O2. The quantitative estimate of drug-likeness (QED) is 0.645. The third kappa shape index (κ3) is 4.94. The first-order valence-electron chi connectivity index (χ1n) is 7.37. The van der Waals surface area contributed by atoms with Gasteiger partial charge in [-0.25, -0.2) is 0 Å². The lowest BCUT2D eigenvalue weighted by Gasteiger charge is -2.17. The summed E-state index contributed by atoms with van der Waals surface area (Å²) in [5.41, 5.74) is 0. The summed E-state index contributed by atoms with van der Waals surface area (Å²) in [5.74, 6) is 0.942. The maximum atomic E-state index is 11.9. The molecule has 2 saturated carbocycles. The molecule has 4 heteroatoms. The second-order valence-electron chi connectivity index (χ2n) is 5.68. The van der Waals surface area contributed by atoms with E-state index in [0.717, 1.165) is 31.9 Å². The molecule has 18 heavy (non-hydrogen) atoms. The number of hydrogen-bond donors (Lipinski definition) is 2. The van der Waals surface area contributed by atoms with Crippen LogP contribution in [0.25, 0.3) is 0 Å². The average Bonchev–Trinajstić information content (AvgIpc) is 3.04. The Morgan fingerprint density at radius 2 is 2.00 bits per heavy atom. The maximum Gasteiger partial charge on any atom is 0.237 e. The molecular weight excluding hydrogens is 228 g/mol. The molecule has 1 unspecified atom stereocenters. The first-order chi connectivity index (χ1) is 8.75. The molecule has 0 bridgehead atoms. The van der Waals surface area contributed by atoms with E-state index in [2.05, 4.69) is 10.6 Å². The number of carbonyl (C=O) groups excluding carboxylic acids is 1. The van der Waals surface area contributed by atoms with E-state index in [1.165, 1.54) is 25.7 Å². The van der Waals surface area contributed by atoms with Crippen molar-refractivity contribution < 1.29 is 9.53 Å². The minimum Gasteiger partial charge on any atom is -0.380 e. The summed E-state index contributed by atoms with van der Waals surface area (Å²) in [6.07, 6.45) is 7.44. The highest BCUT2D eigenvalue weighted by molar-refractivity contribution is 5.81. The summed E-state index contributed by atoms with van der Waals surface area (Å²) in [6, 6.07) is 0.294. The third-order valence-corrected chi connectivity index (χ3v) is 3.84. The van der Waals surface area contributed by atoms with Crippen molar-refractivity contribution >= 4 is 5.91 Å². The van der Waals surface area contributed by atoms with Crippen LogP contribution in [0.2, 0.25) is 0 Å². The van der Waals surface area contributed by atoms with E-state index in [9.17, 15) is 4.79 Å². The number of hydrogen-bond acceptors (Lipinski definition) is 3. The van der Waals surface area contributed by atoms with Gasteiger partial charge in [-0.05, 0) is 38.5 Å². The Morgan fingerprint density at radius 3 is 2.67 bits per heavy atom. The molecule has 0 saturated heterocycles. The van der Waals surface area contributed by atoms with Crippen LogP contribution in [0.4, 0.5) is 0 Å². The molecule has 2 rings (SSSR count). The average molecular weight is 254 g/mol. The van der Waals surface area contributed by atoms with Gasteiger partial charge in [0.25, 0.3) is 0 Å². The second-order valence-corrected chi connectivity index (χ2v) is 5.68. The van der Waals surface area contributed by atoms with Crippen molar-refractivity contribution in [1.29, 1.82) is 0 Å². The highest BCUT2D eigenvalue weighted by Gasteiger charge is 2.21. The Kier molecular flexibility index (Phi) is 5.45. The van der Waals surface area contributed by atoms with Crippen molar-refractivity contribution in [1.82, 2.24) is 10.6 Å². The van der Waals surface area contributed by atoms with Gasteiger partial charge >= 0.3 is 0 Å². The van der Waals surface area contributed by atoms with Crippen molar-refractivity contribution in [3.63, 3.8) is 0 Å². The third-order valence-electron chi connectivity index (χ3n) is 3.84. The van der Waals surface area contributed by atoms with E-state index in [1.54, 1.807) is 0 Å². The molecule has 0 aromatic heterocycles. The van der Waals surface area contributed by atoms with Gasteiger partial charge in [-0.1, -0.05) is 12.8 Å². The Morgan fingerprint density at radius 1 is 1.28 bits per heavy atom. The summed E-state index contributed by atoms with van der Waals surface area (Å²) in [5, 5.41) is 6.32. The lowest BCUT2D eigenvalue weighted by Crippen LogP contribution is -2.46. The van der Waals surface area contributed by atoms with Gasteiger partial charge in [0.15, 0.2) is 0 Å². The Bertz CT molecular complexity index is 261. The lowest BCUT2D eigenvalue weighted by atomic mass is 10.2. The fourth-order valence-corrected chi connectivity index (χ4v) is 2.37. The smallest absolute Gasteiger partial charge is 0.237 e. The molecule has 0 spiro atoms. The molecule has 2 aliphatic carbocycles. The monoisotopic (exact) mass is 254 g/mol. The van der Waals surface area contributed by atoms with Gasteiger partial charge in [0.2, 0.25) is 5.91 Å². The summed E-state index contributed by atoms with van der Waals surface area (Å²) in [7, 11) is 0. The molecule has 0 aromatic rings. The molecule has 2 fully saturated rings. The topological polar surface area (TPSA) is 50.4 Å². The molecule has 1 amide bonds. The van der Waals surface area contributed by atoms with Crippen molar-refractivity contribution in [2.24, 2.45) is 5.92 Å². The van der Waals surface area contributed by atoms with E-state index in [-0.39, 0.29) is 11.9 Å². The van der Waals surface area contributed by atoms with Gasteiger partial charge in [-0.3, -0.25) is 4.79 Å². The minimum atomic E-state index is -0.116. The van der Waals surface area contributed by atoms with Crippen LogP contribution in [-0.2, 0) is 9.53 Å². The Hall–Kier alpha value is -0.610. The summed E-state index contributed by atoms with van der Waals surface area (Å²) < 4.78 is 5.53. The number of amides is 1. The summed E-state index contributed by atoms with van der Waals surface area (Å²) >= 11 is 0. The fourth-order valence-electron chi connectivity index (χ4n) is 2.37. The van der Waals surface area contributed by atoms with Crippen LogP contribution < -0.4 is 10.6 Å². The Labute approximate surface area is 110 Å². The predicted molar refractivity (Wildman–Crippen MR) is 71.4 cm³/mol. The number of carbonyl (C=O) groups is 1. The number of ether oxygens (including phenoxy) is 1. The van der Waals surface area contributed by atoms with Gasteiger partial charge in [0.05, 0.1) is 12.6 Å². The molecule has 104 valence electrons. The highest BCUT2D eigenvalue weighted by atomic mass is 16.5. The largest absolute Gasteiger partial charge is 0.380 e.